The molecule has 1 aromatic heterocycles. The molecule has 0 fully saturated rings. The highest BCUT2D eigenvalue weighted by Crippen LogP contribution is 2.29. The Morgan fingerprint density at radius 2 is 2.05 bits per heavy atom. The lowest BCUT2D eigenvalue weighted by atomic mass is 10.3. The van der Waals surface area contributed by atoms with E-state index in [4.69, 9.17) is 51.5 Å². The fraction of sp³-hybridized carbons (Fsp3) is 0.375. The first-order valence-corrected chi connectivity index (χ1v) is 6.88. The molecule has 0 aliphatic rings. The van der Waals surface area contributed by atoms with Gasteiger partial charge in [-0.3, -0.25) is 10.1 Å². The second kappa shape index (κ2) is 6.81. The van der Waals surface area contributed by atoms with Gasteiger partial charge >= 0.3 is 12.1 Å². The first-order chi connectivity index (χ1) is 8.67. The van der Waals surface area contributed by atoms with Gasteiger partial charge in [0.25, 0.3) is 0 Å². The molecular formula is C8H6Cl4N2O4S. The number of ether oxygens (including phenoxy) is 1. The van der Waals surface area contributed by atoms with E-state index in [1.165, 1.54) is 0 Å². The van der Waals surface area contributed by atoms with Crippen molar-refractivity contribution in [2.45, 2.75) is 10.2 Å². The fourth-order valence-electron chi connectivity index (χ4n) is 0.910. The minimum Gasteiger partial charge on any atom is -0.481 e. The SMILES string of the molecule is O=C(O)Cc1nc(NC(=O)OCC(Cl)(Cl)Cl)sc1Cl. The second-order valence-electron chi connectivity index (χ2n) is 3.13. The Morgan fingerprint density at radius 3 is 2.58 bits per heavy atom. The van der Waals surface area contributed by atoms with Gasteiger partial charge < -0.3 is 9.84 Å². The average molecular weight is 368 g/mol. The van der Waals surface area contributed by atoms with Crippen molar-refractivity contribution in [2.75, 3.05) is 11.9 Å². The number of hydrogen-bond donors (Lipinski definition) is 2. The monoisotopic (exact) mass is 366 g/mol. The summed E-state index contributed by atoms with van der Waals surface area (Å²) in [5.74, 6) is -1.09. The van der Waals surface area contributed by atoms with E-state index in [2.05, 4.69) is 15.0 Å². The number of amides is 1. The van der Waals surface area contributed by atoms with Crippen LogP contribution in [0.2, 0.25) is 4.34 Å². The molecule has 19 heavy (non-hydrogen) atoms. The second-order valence-corrected chi connectivity index (χ2v) is 7.24. The molecule has 106 valence electrons. The predicted molar refractivity (Wildman–Crippen MR) is 73.7 cm³/mol. The van der Waals surface area contributed by atoms with Gasteiger partial charge in [0.05, 0.1) is 12.1 Å². The van der Waals surface area contributed by atoms with Crippen LogP contribution < -0.4 is 5.32 Å². The van der Waals surface area contributed by atoms with Crippen LogP contribution in [0.5, 0.6) is 0 Å². The van der Waals surface area contributed by atoms with E-state index in [1.54, 1.807) is 0 Å². The van der Waals surface area contributed by atoms with Crippen molar-refractivity contribution in [3.8, 4) is 0 Å². The van der Waals surface area contributed by atoms with Crippen LogP contribution in [0.3, 0.4) is 0 Å². The third kappa shape index (κ3) is 6.49. The van der Waals surface area contributed by atoms with Crippen molar-refractivity contribution < 1.29 is 19.4 Å². The smallest absolute Gasteiger partial charge is 0.413 e. The zero-order chi connectivity index (χ0) is 14.6. The quantitative estimate of drug-likeness (QED) is 0.796. The molecule has 0 aromatic carbocycles. The highest BCUT2D eigenvalue weighted by molar-refractivity contribution is 7.19. The summed E-state index contributed by atoms with van der Waals surface area (Å²) < 4.78 is 3.05. The molecule has 1 heterocycles. The zero-order valence-corrected chi connectivity index (χ0v) is 12.8. The molecule has 0 saturated heterocycles. The molecule has 0 radical (unpaired) electrons. The number of aliphatic carboxylic acids is 1. The molecule has 0 bridgehead atoms. The maximum Gasteiger partial charge on any atom is 0.413 e. The topological polar surface area (TPSA) is 88.5 Å². The van der Waals surface area contributed by atoms with E-state index >= 15 is 0 Å². The Bertz CT molecular complexity index is 488. The molecular weight excluding hydrogens is 362 g/mol. The molecule has 1 rings (SSSR count). The lowest BCUT2D eigenvalue weighted by Crippen LogP contribution is -2.21. The number of halogens is 4. The first kappa shape index (κ1) is 16.6. The van der Waals surface area contributed by atoms with E-state index in [0.717, 1.165) is 11.3 Å². The van der Waals surface area contributed by atoms with E-state index < -0.39 is 22.5 Å². The van der Waals surface area contributed by atoms with Crippen LogP contribution >= 0.6 is 57.7 Å². The Labute approximate surface area is 131 Å². The predicted octanol–water partition coefficient (Wildman–Crippen LogP) is 3.34. The Hall–Kier alpha value is -0.470. The summed E-state index contributed by atoms with van der Waals surface area (Å²) in [5, 5.41) is 10.9. The number of nitrogens with one attached hydrogen (secondary N) is 1. The first-order valence-electron chi connectivity index (χ1n) is 4.55. The summed E-state index contributed by atoms with van der Waals surface area (Å²) in [5.41, 5.74) is 0.149. The van der Waals surface area contributed by atoms with Crippen LogP contribution in [0.4, 0.5) is 9.93 Å². The highest BCUT2D eigenvalue weighted by atomic mass is 35.6. The Morgan fingerprint density at radius 1 is 1.42 bits per heavy atom. The number of carboxylic acid groups (broad SMARTS) is 1. The minimum atomic E-state index is -1.72. The van der Waals surface area contributed by atoms with Crippen molar-refractivity contribution >= 4 is 74.9 Å². The maximum absolute atomic E-state index is 11.3. The van der Waals surface area contributed by atoms with Gasteiger partial charge in [-0.05, 0) is 0 Å². The molecule has 6 nitrogen and oxygen atoms in total. The van der Waals surface area contributed by atoms with Crippen molar-refractivity contribution in [3.05, 3.63) is 10.0 Å². The third-order valence-corrected chi connectivity index (χ3v) is 3.12. The fourth-order valence-corrected chi connectivity index (χ4v) is 2.10. The number of aromatic nitrogens is 1. The Kier molecular flexibility index (Phi) is 5.94. The standard InChI is InChI=1S/C8H6Cl4N2O4S/c9-5-3(1-4(15)16)13-6(19-5)14-7(17)18-2-8(10,11)12/h1-2H2,(H,15,16)(H,13,14,17). The third-order valence-electron chi connectivity index (χ3n) is 1.54. The molecule has 11 heteroatoms. The van der Waals surface area contributed by atoms with Crippen molar-refractivity contribution in [1.29, 1.82) is 0 Å². The lowest BCUT2D eigenvalue weighted by Gasteiger charge is -2.10. The van der Waals surface area contributed by atoms with Gasteiger partial charge in [0.15, 0.2) is 5.13 Å². The van der Waals surface area contributed by atoms with Gasteiger partial charge in [-0.15, -0.1) is 0 Å². The number of hydrogen-bond acceptors (Lipinski definition) is 5. The van der Waals surface area contributed by atoms with Crippen LogP contribution in [0.25, 0.3) is 0 Å². The number of carboxylic acids is 1. The summed E-state index contributed by atoms with van der Waals surface area (Å²) >= 11 is 22.8. The molecule has 2 N–H and O–H groups in total. The van der Waals surface area contributed by atoms with Gasteiger partial charge in [-0.1, -0.05) is 57.7 Å². The molecule has 0 aliphatic heterocycles. The maximum atomic E-state index is 11.3. The summed E-state index contributed by atoms with van der Waals surface area (Å²) in [6.07, 6.45) is -1.24. The van der Waals surface area contributed by atoms with Crippen molar-refractivity contribution in [3.63, 3.8) is 0 Å². The number of alkyl halides is 3. The Balaban J connectivity index is 2.58. The highest BCUT2D eigenvalue weighted by Gasteiger charge is 2.22. The summed E-state index contributed by atoms with van der Waals surface area (Å²) in [6, 6.07) is 0. The van der Waals surface area contributed by atoms with E-state index in [0.29, 0.717) is 0 Å². The number of carbonyl (C=O) groups is 2. The van der Waals surface area contributed by atoms with Crippen LogP contribution in [0.1, 0.15) is 5.69 Å². The number of anilines is 1. The van der Waals surface area contributed by atoms with Gasteiger partial charge in [-0.25, -0.2) is 9.78 Å². The van der Waals surface area contributed by atoms with Gasteiger partial charge in [0, 0.05) is 0 Å². The number of thiazole rings is 1. The molecule has 0 spiro atoms. The average Bonchev–Trinajstić information content (AvgIpc) is 2.54. The molecule has 0 saturated carbocycles. The van der Waals surface area contributed by atoms with Crippen LogP contribution in [0, 0.1) is 0 Å². The summed E-state index contributed by atoms with van der Waals surface area (Å²) in [4.78, 5) is 25.6. The number of nitrogens with zero attached hydrogens (tertiary/aromatic N) is 1. The molecule has 1 aromatic rings. The molecule has 0 aliphatic carbocycles. The van der Waals surface area contributed by atoms with Crippen LogP contribution in [-0.2, 0) is 16.0 Å². The number of carbonyl (C=O) groups excluding carboxylic acids is 1. The van der Waals surface area contributed by atoms with Gasteiger partial charge in [-0.2, -0.15) is 0 Å². The number of rotatable bonds is 4. The van der Waals surface area contributed by atoms with E-state index in [-0.39, 0.29) is 21.6 Å². The van der Waals surface area contributed by atoms with E-state index in [1.807, 2.05) is 0 Å². The van der Waals surface area contributed by atoms with E-state index in [9.17, 15) is 9.59 Å². The van der Waals surface area contributed by atoms with Gasteiger partial charge in [0.2, 0.25) is 3.79 Å². The normalized spacial score (nSPS) is 11.2. The molecule has 0 atom stereocenters. The van der Waals surface area contributed by atoms with Crippen LogP contribution in [-0.4, -0.2) is 32.6 Å². The summed E-state index contributed by atoms with van der Waals surface area (Å²) in [6.45, 7) is -0.440. The van der Waals surface area contributed by atoms with Crippen molar-refractivity contribution in [2.24, 2.45) is 0 Å². The molecule has 0 unspecified atom stereocenters. The lowest BCUT2D eigenvalue weighted by molar-refractivity contribution is -0.136. The van der Waals surface area contributed by atoms with Crippen molar-refractivity contribution in [1.82, 2.24) is 4.98 Å². The minimum absolute atomic E-state index is 0.0931. The summed E-state index contributed by atoms with van der Waals surface area (Å²) in [7, 11) is 0. The zero-order valence-electron chi connectivity index (χ0n) is 8.95. The molecule has 1 amide bonds. The largest absolute Gasteiger partial charge is 0.481 e. The van der Waals surface area contributed by atoms with Crippen LogP contribution in [0.15, 0.2) is 0 Å². The van der Waals surface area contributed by atoms with Gasteiger partial charge in [0.1, 0.15) is 10.9 Å².